The van der Waals surface area contributed by atoms with Gasteiger partial charge in [-0.15, -0.1) is 0 Å². The lowest BCUT2D eigenvalue weighted by atomic mass is 10.3. The van der Waals surface area contributed by atoms with Crippen LogP contribution in [0.4, 0.5) is 5.69 Å². The summed E-state index contributed by atoms with van der Waals surface area (Å²) in [7, 11) is 0. The van der Waals surface area contributed by atoms with Crippen LogP contribution in [0.3, 0.4) is 0 Å². The van der Waals surface area contributed by atoms with Gasteiger partial charge in [-0.05, 0) is 26.0 Å². The first-order valence-corrected chi connectivity index (χ1v) is 5.43. The number of H-pyrrole nitrogens is 1. The highest BCUT2D eigenvalue weighted by atomic mass is 15.4. The molecule has 2 heterocycles. The third-order valence-corrected chi connectivity index (χ3v) is 2.92. The molecule has 86 valence electrons. The Balaban J connectivity index is 2.23. The maximum atomic E-state index is 5.91. The first-order chi connectivity index (χ1) is 8.16. The van der Waals surface area contributed by atoms with Crippen molar-refractivity contribution in [2.24, 2.45) is 0 Å². The number of nitrogens with zero attached hydrogens (tertiary/aromatic N) is 3. The Morgan fingerprint density at radius 2 is 2.00 bits per heavy atom. The molecule has 0 saturated carbocycles. The zero-order valence-electron chi connectivity index (χ0n) is 9.73. The van der Waals surface area contributed by atoms with Crippen LogP contribution < -0.4 is 5.73 Å². The number of nitrogens with two attached hydrogens (primary N) is 1. The summed E-state index contributed by atoms with van der Waals surface area (Å²) >= 11 is 0. The van der Waals surface area contributed by atoms with E-state index >= 15 is 0 Å². The zero-order valence-corrected chi connectivity index (χ0v) is 9.73. The Hall–Kier alpha value is -2.30. The van der Waals surface area contributed by atoms with Gasteiger partial charge in [-0.2, -0.15) is 5.10 Å². The molecule has 0 saturated heterocycles. The van der Waals surface area contributed by atoms with Gasteiger partial charge in [0.1, 0.15) is 0 Å². The minimum atomic E-state index is 0.698. The van der Waals surface area contributed by atoms with E-state index in [1.165, 1.54) is 0 Å². The van der Waals surface area contributed by atoms with Crippen molar-refractivity contribution in [2.45, 2.75) is 13.8 Å². The molecule has 3 rings (SSSR count). The number of benzene rings is 1. The molecule has 5 heteroatoms. The van der Waals surface area contributed by atoms with Gasteiger partial charge in [-0.3, -0.25) is 0 Å². The minimum absolute atomic E-state index is 0.698. The Labute approximate surface area is 98.3 Å². The van der Waals surface area contributed by atoms with Crippen molar-refractivity contribution in [1.82, 2.24) is 19.7 Å². The van der Waals surface area contributed by atoms with Crippen LogP contribution in [0.5, 0.6) is 0 Å². The summed E-state index contributed by atoms with van der Waals surface area (Å²) < 4.78 is 1.74. The summed E-state index contributed by atoms with van der Waals surface area (Å²) in [6, 6.07) is 7.88. The summed E-state index contributed by atoms with van der Waals surface area (Å²) in [6.07, 6.45) is 0. The average molecular weight is 227 g/mol. The van der Waals surface area contributed by atoms with E-state index in [4.69, 9.17) is 5.73 Å². The summed E-state index contributed by atoms with van der Waals surface area (Å²) in [5.41, 5.74) is 10.3. The zero-order chi connectivity index (χ0) is 12.0. The van der Waals surface area contributed by atoms with Gasteiger partial charge in [0.25, 0.3) is 0 Å². The van der Waals surface area contributed by atoms with Gasteiger partial charge in [0.15, 0.2) is 0 Å². The topological polar surface area (TPSA) is 72.5 Å². The van der Waals surface area contributed by atoms with E-state index in [1.54, 1.807) is 4.68 Å². The number of nitrogens with one attached hydrogen (secondary N) is 1. The van der Waals surface area contributed by atoms with Crippen molar-refractivity contribution >= 4 is 16.7 Å². The molecule has 5 nitrogen and oxygen atoms in total. The molecule has 3 aromatic rings. The second-order valence-electron chi connectivity index (χ2n) is 4.07. The van der Waals surface area contributed by atoms with Crippen LogP contribution in [0.15, 0.2) is 24.3 Å². The van der Waals surface area contributed by atoms with Crippen molar-refractivity contribution in [3.63, 3.8) is 0 Å². The molecule has 0 aliphatic carbocycles. The number of aryl methyl sites for hydroxylation is 1. The number of rotatable bonds is 1. The largest absolute Gasteiger partial charge is 0.396 e. The summed E-state index contributed by atoms with van der Waals surface area (Å²) in [6.45, 7) is 3.82. The van der Waals surface area contributed by atoms with Crippen LogP contribution in [0.2, 0.25) is 0 Å². The van der Waals surface area contributed by atoms with Crippen LogP contribution in [0.1, 0.15) is 11.4 Å². The normalized spacial score (nSPS) is 11.2. The molecule has 0 spiro atoms. The third kappa shape index (κ3) is 1.39. The molecule has 0 amide bonds. The van der Waals surface area contributed by atoms with Crippen molar-refractivity contribution in [3.8, 4) is 5.95 Å². The summed E-state index contributed by atoms with van der Waals surface area (Å²) in [5.74, 6) is 0.698. The van der Waals surface area contributed by atoms with Crippen molar-refractivity contribution in [3.05, 3.63) is 35.7 Å². The lowest BCUT2D eigenvalue weighted by Crippen LogP contribution is -2.01. The number of aromatic nitrogens is 4. The molecule has 0 radical (unpaired) electrons. The first kappa shape index (κ1) is 9.89. The van der Waals surface area contributed by atoms with Crippen LogP contribution in [-0.4, -0.2) is 19.7 Å². The Kier molecular flexibility index (Phi) is 1.95. The van der Waals surface area contributed by atoms with Crippen LogP contribution in [0.25, 0.3) is 17.0 Å². The van der Waals surface area contributed by atoms with Gasteiger partial charge in [-0.25, -0.2) is 9.67 Å². The third-order valence-electron chi connectivity index (χ3n) is 2.92. The lowest BCUT2D eigenvalue weighted by molar-refractivity contribution is 0.790. The van der Waals surface area contributed by atoms with Gasteiger partial charge in [-0.1, -0.05) is 12.1 Å². The first-order valence-electron chi connectivity index (χ1n) is 5.43. The predicted octanol–water partition coefficient (Wildman–Crippen LogP) is 1.95. The molecule has 0 bridgehead atoms. The monoisotopic (exact) mass is 227 g/mol. The van der Waals surface area contributed by atoms with Gasteiger partial charge in [0.05, 0.1) is 28.1 Å². The molecule has 0 aliphatic heterocycles. The van der Waals surface area contributed by atoms with E-state index in [1.807, 2.05) is 38.1 Å². The van der Waals surface area contributed by atoms with E-state index < -0.39 is 0 Å². The molecule has 0 aliphatic rings. The number of fused-ring (bicyclic) bond motifs is 1. The minimum Gasteiger partial charge on any atom is -0.396 e. The van der Waals surface area contributed by atoms with Crippen molar-refractivity contribution in [2.75, 3.05) is 5.73 Å². The second-order valence-corrected chi connectivity index (χ2v) is 4.07. The highest BCUT2D eigenvalue weighted by Gasteiger charge is 2.12. The van der Waals surface area contributed by atoms with Gasteiger partial charge in [0, 0.05) is 0 Å². The molecule has 3 N–H and O–H groups in total. The molecule has 0 fully saturated rings. The summed E-state index contributed by atoms with van der Waals surface area (Å²) in [4.78, 5) is 7.71. The summed E-state index contributed by atoms with van der Waals surface area (Å²) in [5, 5.41) is 4.37. The number of aromatic amines is 1. The molecular formula is C12H13N5. The Morgan fingerprint density at radius 3 is 2.65 bits per heavy atom. The van der Waals surface area contributed by atoms with Gasteiger partial charge in [0.2, 0.25) is 5.95 Å². The number of hydrogen-bond acceptors (Lipinski definition) is 3. The molecule has 1 aromatic carbocycles. The van der Waals surface area contributed by atoms with Crippen molar-refractivity contribution < 1.29 is 0 Å². The number of anilines is 1. The second kappa shape index (κ2) is 3.35. The smallest absolute Gasteiger partial charge is 0.229 e. The predicted molar refractivity (Wildman–Crippen MR) is 67.1 cm³/mol. The quantitative estimate of drug-likeness (QED) is 0.667. The fourth-order valence-electron chi connectivity index (χ4n) is 1.90. The number of para-hydroxylation sites is 2. The van der Waals surface area contributed by atoms with Crippen LogP contribution in [-0.2, 0) is 0 Å². The lowest BCUT2D eigenvalue weighted by Gasteiger charge is -1.98. The molecule has 0 unspecified atom stereocenters. The van der Waals surface area contributed by atoms with Gasteiger partial charge >= 0.3 is 0 Å². The van der Waals surface area contributed by atoms with Crippen molar-refractivity contribution in [1.29, 1.82) is 0 Å². The molecular weight excluding hydrogens is 214 g/mol. The number of imidazole rings is 1. The maximum absolute atomic E-state index is 5.91. The van der Waals surface area contributed by atoms with E-state index in [0.717, 1.165) is 22.4 Å². The van der Waals surface area contributed by atoms with E-state index in [0.29, 0.717) is 11.6 Å². The molecule has 0 atom stereocenters. The van der Waals surface area contributed by atoms with Crippen LogP contribution in [0, 0.1) is 13.8 Å². The highest BCUT2D eigenvalue weighted by Crippen LogP contribution is 2.19. The number of hydrogen-bond donors (Lipinski definition) is 2. The van der Waals surface area contributed by atoms with E-state index in [-0.39, 0.29) is 0 Å². The molecule has 2 aromatic heterocycles. The SMILES string of the molecule is Cc1nn(-c2nc3ccccc3[nH]2)c(C)c1N. The molecule has 17 heavy (non-hydrogen) atoms. The fourth-order valence-corrected chi connectivity index (χ4v) is 1.90. The van der Waals surface area contributed by atoms with Crippen LogP contribution >= 0.6 is 0 Å². The van der Waals surface area contributed by atoms with E-state index in [2.05, 4.69) is 15.1 Å². The van der Waals surface area contributed by atoms with Gasteiger partial charge < -0.3 is 10.7 Å². The Morgan fingerprint density at radius 1 is 1.24 bits per heavy atom. The fraction of sp³-hybridized carbons (Fsp3) is 0.167. The van der Waals surface area contributed by atoms with E-state index in [9.17, 15) is 0 Å². The maximum Gasteiger partial charge on any atom is 0.229 e. The standard InChI is InChI=1S/C12H13N5/c1-7-11(13)8(2)17(16-7)12-14-9-5-3-4-6-10(9)15-12/h3-6H,13H2,1-2H3,(H,14,15). The Bertz CT molecular complexity index is 659. The highest BCUT2D eigenvalue weighted by molar-refractivity contribution is 5.76. The number of nitrogen functional groups attached to an aromatic ring is 1. The average Bonchev–Trinajstić information content (AvgIpc) is 2.86.